The highest BCUT2D eigenvalue weighted by molar-refractivity contribution is 6.32. The predicted octanol–water partition coefficient (Wildman–Crippen LogP) is 2.96. The Balaban J connectivity index is 2.38. The van der Waals surface area contributed by atoms with Crippen molar-refractivity contribution in [3.63, 3.8) is 0 Å². The van der Waals surface area contributed by atoms with Crippen LogP contribution in [0.5, 0.6) is 0 Å². The molecule has 10 heteroatoms. The van der Waals surface area contributed by atoms with Crippen LogP contribution in [0, 0.1) is 11.3 Å². The Bertz CT molecular complexity index is 826. The zero-order valence-electron chi connectivity index (χ0n) is 13.0. The number of rotatable bonds is 5. The van der Waals surface area contributed by atoms with Gasteiger partial charge in [-0.25, -0.2) is 4.68 Å². The molecule has 6 nitrogen and oxygen atoms in total. The van der Waals surface area contributed by atoms with Crippen LogP contribution in [0.15, 0.2) is 24.4 Å². The number of halogens is 4. The summed E-state index contributed by atoms with van der Waals surface area (Å²) >= 11 is 5.96. The summed E-state index contributed by atoms with van der Waals surface area (Å²) in [6.45, 7) is 2.06. The van der Waals surface area contributed by atoms with Gasteiger partial charge in [-0.1, -0.05) is 11.6 Å². The number of amides is 1. The van der Waals surface area contributed by atoms with Crippen LogP contribution in [-0.4, -0.2) is 28.8 Å². The quantitative estimate of drug-likeness (QED) is 0.846. The Kier molecular flexibility index (Phi) is 5.54. The molecule has 1 aromatic heterocycles. The number of benzene rings is 1. The van der Waals surface area contributed by atoms with Gasteiger partial charge in [0.2, 0.25) is 5.91 Å². The third-order valence-electron chi connectivity index (χ3n) is 3.18. The van der Waals surface area contributed by atoms with Gasteiger partial charge in [0.25, 0.3) is 0 Å². The molecule has 1 aromatic carbocycles. The number of carbonyl (C=O) groups is 1. The number of alkyl halides is 3. The summed E-state index contributed by atoms with van der Waals surface area (Å²) in [5.74, 6) is -0.145. The lowest BCUT2D eigenvalue weighted by Crippen LogP contribution is -2.30. The van der Waals surface area contributed by atoms with Crippen molar-refractivity contribution in [1.82, 2.24) is 15.1 Å². The number of carbonyl (C=O) groups excluding carboxylic acids is 1. The van der Waals surface area contributed by atoms with E-state index in [0.29, 0.717) is 6.54 Å². The van der Waals surface area contributed by atoms with Crippen molar-refractivity contribution in [1.29, 1.82) is 5.26 Å². The first-order valence-electron chi connectivity index (χ1n) is 7.13. The van der Waals surface area contributed by atoms with Gasteiger partial charge in [0.15, 0.2) is 0 Å². The van der Waals surface area contributed by atoms with Gasteiger partial charge in [-0.2, -0.15) is 23.5 Å². The second kappa shape index (κ2) is 7.44. The fraction of sp³-hybridized carbons (Fsp3) is 0.267. The second-order valence-electron chi connectivity index (χ2n) is 4.90. The molecule has 0 aliphatic carbocycles. The molecule has 0 atom stereocenters. The highest BCUT2D eigenvalue weighted by Crippen LogP contribution is 2.34. The van der Waals surface area contributed by atoms with Gasteiger partial charge in [0.05, 0.1) is 29.0 Å². The Morgan fingerprint density at radius 1 is 1.44 bits per heavy atom. The molecule has 2 rings (SSSR count). The van der Waals surface area contributed by atoms with Crippen LogP contribution in [0.4, 0.5) is 19.0 Å². The zero-order chi connectivity index (χ0) is 18.6. The second-order valence-corrected chi connectivity index (χ2v) is 5.31. The van der Waals surface area contributed by atoms with Crippen molar-refractivity contribution in [3.8, 4) is 11.8 Å². The van der Waals surface area contributed by atoms with Crippen molar-refractivity contribution in [3.05, 3.63) is 40.5 Å². The van der Waals surface area contributed by atoms with Gasteiger partial charge in [-0.15, -0.1) is 0 Å². The molecule has 0 unspecified atom stereocenters. The number of aromatic nitrogens is 2. The fourth-order valence-corrected chi connectivity index (χ4v) is 2.32. The summed E-state index contributed by atoms with van der Waals surface area (Å²) in [7, 11) is 0. The Hall–Kier alpha value is -2.73. The third-order valence-corrected chi connectivity index (χ3v) is 3.49. The summed E-state index contributed by atoms with van der Waals surface area (Å²) in [6.07, 6.45) is -3.29. The lowest BCUT2D eigenvalue weighted by atomic mass is 10.2. The van der Waals surface area contributed by atoms with E-state index in [2.05, 4.69) is 15.7 Å². The normalized spacial score (nSPS) is 11.0. The van der Waals surface area contributed by atoms with E-state index in [1.165, 1.54) is 10.9 Å². The van der Waals surface area contributed by atoms with Crippen LogP contribution in [0.3, 0.4) is 0 Å². The molecule has 2 aromatic rings. The summed E-state index contributed by atoms with van der Waals surface area (Å²) in [6, 6.07) is 4.68. The number of nitrogens with zero attached hydrogens (tertiary/aromatic N) is 3. The highest BCUT2D eigenvalue weighted by Gasteiger charge is 2.31. The van der Waals surface area contributed by atoms with Gasteiger partial charge in [0, 0.05) is 6.54 Å². The SMILES string of the molecule is CCNC(=O)CNc1c(C#N)cnn1-c1ccc(C(F)(F)F)cc1Cl. The van der Waals surface area contributed by atoms with Crippen LogP contribution >= 0.6 is 11.6 Å². The molecular formula is C15H13ClF3N5O. The molecule has 0 bridgehead atoms. The molecule has 132 valence electrons. The number of nitriles is 1. The van der Waals surface area contributed by atoms with Crippen LogP contribution in [0.2, 0.25) is 5.02 Å². The van der Waals surface area contributed by atoms with Gasteiger partial charge < -0.3 is 10.6 Å². The van der Waals surface area contributed by atoms with E-state index < -0.39 is 11.7 Å². The first-order valence-corrected chi connectivity index (χ1v) is 7.51. The Morgan fingerprint density at radius 2 is 2.16 bits per heavy atom. The Labute approximate surface area is 146 Å². The monoisotopic (exact) mass is 371 g/mol. The molecule has 0 aliphatic heterocycles. The van der Waals surface area contributed by atoms with E-state index in [4.69, 9.17) is 16.9 Å². The maximum absolute atomic E-state index is 12.7. The molecule has 1 amide bonds. The summed E-state index contributed by atoms with van der Waals surface area (Å²) in [4.78, 5) is 11.6. The molecule has 0 saturated carbocycles. The van der Waals surface area contributed by atoms with Crippen molar-refractivity contribution in [2.75, 3.05) is 18.4 Å². The number of hydrogen-bond donors (Lipinski definition) is 2. The zero-order valence-corrected chi connectivity index (χ0v) is 13.7. The fourth-order valence-electron chi connectivity index (χ4n) is 2.06. The van der Waals surface area contributed by atoms with E-state index >= 15 is 0 Å². The van der Waals surface area contributed by atoms with E-state index in [1.807, 2.05) is 6.07 Å². The highest BCUT2D eigenvalue weighted by atomic mass is 35.5. The third kappa shape index (κ3) is 4.22. The van der Waals surface area contributed by atoms with Crippen LogP contribution < -0.4 is 10.6 Å². The van der Waals surface area contributed by atoms with E-state index in [0.717, 1.165) is 18.2 Å². The van der Waals surface area contributed by atoms with Crippen LogP contribution in [-0.2, 0) is 11.0 Å². The predicted molar refractivity (Wildman–Crippen MR) is 85.5 cm³/mol. The minimum absolute atomic E-state index is 0.125. The molecule has 0 aliphatic rings. The molecule has 2 N–H and O–H groups in total. The maximum Gasteiger partial charge on any atom is 0.416 e. The van der Waals surface area contributed by atoms with Gasteiger partial charge in [-0.3, -0.25) is 4.79 Å². The van der Waals surface area contributed by atoms with Gasteiger partial charge >= 0.3 is 6.18 Å². The average molecular weight is 372 g/mol. The molecule has 0 spiro atoms. The topological polar surface area (TPSA) is 82.7 Å². The van der Waals surface area contributed by atoms with Crippen LogP contribution in [0.1, 0.15) is 18.1 Å². The first kappa shape index (κ1) is 18.6. The van der Waals surface area contributed by atoms with E-state index in [-0.39, 0.29) is 34.5 Å². The Morgan fingerprint density at radius 3 is 2.72 bits per heavy atom. The standard InChI is InChI=1S/C15H13ClF3N5O/c1-2-21-13(25)8-22-14-9(6-20)7-23-24(14)12-4-3-10(5-11(12)16)15(17,18)19/h3-5,7,22H,2,8H2,1H3,(H,21,25). The summed E-state index contributed by atoms with van der Waals surface area (Å²) in [5.41, 5.74) is -0.624. The van der Waals surface area contributed by atoms with Crippen molar-refractivity contribution >= 4 is 23.3 Å². The average Bonchev–Trinajstić information content (AvgIpc) is 2.95. The van der Waals surface area contributed by atoms with E-state index in [1.54, 1.807) is 6.92 Å². The number of likely N-dealkylation sites (N-methyl/N-ethyl adjacent to an activating group) is 1. The molecule has 25 heavy (non-hydrogen) atoms. The lowest BCUT2D eigenvalue weighted by Gasteiger charge is -2.13. The number of nitrogens with one attached hydrogen (secondary N) is 2. The smallest absolute Gasteiger partial charge is 0.360 e. The molecule has 1 heterocycles. The molecular weight excluding hydrogens is 359 g/mol. The van der Waals surface area contributed by atoms with Gasteiger partial charge in [-0.05, 0) is 25.1 Å². The minimum Gasteiger partial charge on any atom is -0.360 e. The maximum atomic E-state index is 12.7. The molecule has 0 fully saturated rings. The summed E-state index contributed by atoms with van der Waals surface area (Å²) in [5, 5.41) is 18.2. The van der Waals surface area contributed by atoms with Gasteiger partial charge in [0.1, 0.15) is 17.5 Å². The van der Waals surface area contributed by atoms with Crippen molar-refractivity contribution in [2.24, 2.45) is 0 Å². The number of hydrogen-bond acceptors (Lipinski definition) is 4. The summed E-state index contributed by atoms with van der Waals surface area (Å²) < 4.78 is 39.4. The molecule has 0 radical (unpaired) electrons. The molecule has 0 saturated heterocycles. The minimum atomic E-state index is -4.52. The largest absolute Gasteiger partial charge is 0.416 e. The number of anilines is 1. The first-order chi connectivity index (χ1) is 11.8. The van der Waals surface area contributed by atoms with Crippen LogP contribution in [0.25, 0.3) is 5.69 Å². The van der Waals surface area contributed by atoms with Crippen molar-refractivity contribution < 1.29 is 18.0 Å². The van der Waals surface area contributed by atoms with E-state index in [9.17, 15) is 18.0 Å². The lowest BCUT2D eigenvalue weighted by molar-refractivity contribution is -0.137. The van der Waals surface area contributed by atoms with Crippen molar-refractivity contribution in [2.45, 2.75) is 13.1 Å².